The summed E-state index contributed by atoms with van der Waals surface area (Å²) in [6.07, 6.45) is 2.88. The molecule has 3 aromatic heterocycles. The van der Waals surface area contributed by atoms with Gasteiger partial charge >= 0.3 is 0 Å². The standard InChI is InChI=1S/C21H22N4O2S2/c1-10-5-6-14-15(8-22)19(29-16(14)7-10)24-17(26)9-25-13(4)23-20-18(21(25)27)11(2)12(3)28-20/h10H,5-7,9H2,1-4H3,(H,24,26). The summed E-state index contributed by atoms with van der Waals surface area (Å²) in [5.74, 6) is 0.787. The molecule has 1 aliphatic carbocycles. The van der Waals surface area contributed by atoms with Crippen LogP contribution in [-0.2, 0) is 24.2 Å². The van der Waals surface area contributed by atoms with Gasteiger partial charge in [0.2, 0.25) is 5.91 Å². The minimum absolute atomic E-state index is 0.119. The number of rotatable bonds is 3. The van der Waals surface area contributed by atoms with Gasteiger partial charge in [-0.05, 0) is 57.1 Å². The van der Waals surface area contributed by atoms with Crippen molar-refractivity contribution in [2.24, 2.45) is 5.92 Å². The van der Waals surface area contributed by atoms with Crippen molar-refractivity contribution in [3.8, 4) is 6.07 Å². The van der Waals surface area contributed by atoms with Crippen molar-refractivity contribution in [3.05, 3.63) is 42.6 Å². The number of carbonyl (C=O) groups excluding carboxylic acids is 1. The molecule has 3 heterocycles. The summed E-state index contributed by atoms with van der Waals surface area (Å²) < 4.78 is 1.42. The van der Waals surface area contributed by atoms with Crippen molar-refractivity contribution >= 4 is 43.8 Å². The Kier molecular flexibility index (Phi) is 5.05. The molecule has 0 saturated heterocycles. The van der Waals surface area contributed by atoms with Gasteiger partial charge in [0.1, 0.15) is 28.3 Å². The van der Waals surface area contributed by atoms with Gasteiger partial charge in [-0.1, -0.05) is 6.92 Å². The third-order valence-electron chi connectivity index (χ3n) is 5.66. The average Bonchev–Trinajstić information content (AvgIpc) is 3.14. The van der Waals surface area contributed by atoms with Crippen molar-refractivity contribution in [1.29, 1.82) is 5.26 Å². The number of amides is 1. The van der Waals surface area contributed by atoms with E-state index in [-0.39, 0.29) is 18.0 Å². The van der Waals surface area contributed by atoms with E-state index in [2.05, 4.69) is 23.3 Å². The Morgan fingerprint density at radius 2 is 2.10 bits per heavy atom. The second-order valence-corrected chi connectivity index (χ2v) is 10.0. The fourth-order valence-electron chi connectivity index (χ4n) is 3.88. The van der Waals surface area contributed by atoms with Crippen molar-refractivity contribution < 1.29 is 4.79 Å². The highest BCUT2D eigenvalue weighted by Gasteiger charge is 2.25. The first-order chi connectivity index (χ1) is 13.8. The minimum atomic E-state index is -0.316. The van der Waals surface area contributed by atoms with Gasteiger partial charge in [0.05, 0.1) is 10.9 Å². The van der Waals surface area contributed by atoms with Crippen LogP contribution < -0.4 is 10.9 Å². The lowest BCUT2D eigenvalue weighted by Gasteiger charge is -2.17. The average molecular weight is 427 g/mol. The molecule has 0 aromatic carbocycles. The lowest BCUT2D eigenvalue weighted by Crippen LogP contribution is -2.30. The molecule has 0 radical (unpaired) electrons. The van der Waals surface area contributed by atoms with Crippen molar-refractivity contribution in [1.82, 2.24) is 9.55 Å². The van der Waals surface area contributed by atoms with Gasteiger partial charge in [-0.15, -0.1) is 22.7 Å². The number of thiophene rings is 2. The second-order valence-electron chi connectivity index (χ2n) is 7.73. The third-order valence-corrected chi connectivity index (χ3v) is 7.93. The molecule has 1 N–H and O–H groups in total. The predicted octanol–water partition coefficient (Wildman–Crippen LogP) is 4.08. The zero-order valence-electron chi connectivity index (χ0n) is 16.9. The predicted molar refractivity (Wildman–Crippen MR) is 117 cm³/mol. The van der Waals surface area contributed by atoms with Crippen molar-refractivity contribution in [2.75, 3.05) is 5.32 Å². The Balaban J connectivity index is 1.64. The first-order valence-corrected chi connectivity index (χ1v) is 11.2. The maximum absolute atomic E-state index is 13.0. The van der Waals surface area contributed by atoms with Gasteiger partial charge in [-0.3, -0.25) is 14.2 Å². The van der Waals surface area contributed by atoms with Crippen LogP contribution in [0.5, 0.6) is 0 Å². The summed E-state index contributed by atoms with van der Waals surface area (Å²) in [6, 6.07) is 2.26. The number of aryl methyl sites for hydroxylation is 3. The molecule has 1 aliphatic rings. The summed E-state index contributed by atoms with van der Waals surface area (Å²) in [4.78, 5) is 33.2. The normalized spacial score (nSPS) is 15.9. The number of nitrogens with one attached hydrogen (secondary N) is 1. The number of hydrogen-bond donors (Lipinski definition) is 1. The van der Waals surface area contributed by atoms with E-state index in [1.807, 2.05) is 13.8 Å². The Morgan fingerprint density at radius 1 is 1.34 bits per heavy atom. The summed E-state index contributed by atoms with van der Waals surface area (Å²) in [5.41, 5.74) is 2.38. The van der Waals surface area contributed by atoms with E-state index < -0.39 is 0 Å². The minimum Gasteiger partial charge on any atom is -0.315 e. The van der Waals surface area contributed by atoms with Crippen LogP contribution in [0.2, 0.25) is 0 Å². The van der Waals surface area contributed by atoms with E-state index in [0.29, 0.717) is 32.5 Å². The molecule has 0 bridgehead atoms. The molecule has 6 nitrogen and oxygen atoms in total. The smallest absolute Gasteiger partial charge is 0.263 e. The molecule has 29 heavy (non-hydrogen) atoms. The monoisotopic (exact) mass is 426 g/mol. The van der Waals surface area contributed by atoms with E-state index in [4.69, 9.17) is 0 Å². The summed E-state index contributed by atoms with van der Waals surface area (Å²) in [6.45, 7) is 7.71. The number of anilines is 1. The molecule has 150 valence electrons. The van der Waals surface area contributed by atoms with E-state index in [1.54, 1.807) is 6.92 Å². The fraction of sp³-hybridized carbons (Fsp3) is 0.429. The molecule has 4 rings (SSSR count). The van der Waals surface area contributed by atoms with Crippen LogP contribution in [0.25, 0.3) is 10.2 Å². The molecular weight excluding hydrogens is 404 g/mol. The molecule has 1 amide bonds. The van der Waals surface area contributed by atoms with Gasteiger partial charge in [0.25, 0.3) is 5.56 Å². The van der Waals surface area contributed by atoms with Gasteiger partial charge < -0.3 is 5.32 Å². The Labute approximate surface area is 176 Å². The quantitative estimate of drug-likeness (QED) is 0.683. The molecule has 0 saturated carbocycles. The summed E-state index contributed by atoms with van der Waals surface area (Å²) in [7, 11) is 0. The van der Waals surface area contributed by atoms with Crippen LogP contribution in [-0.4, -0.2) is 15.5 Å². The van der Waals surface area contributed by atoms with Gasteiger partial charge in [0.15, 0.2) is 0 Å². The second kappa shape index (κ2) is 7.39. The van der Waals surface area contributed by atoms with Crippen LogP contribution in [0.4, 0.5) is 5.00 Å². The first kappa shape index (κ1) is 19.8. The zero-order valence-corrected chi connectivity index (χ0v) is 18.5. The molecule has 1 atom stereocenters. The molecular formula is C21H22N4O2S2. The molecule has 8 heteroatoms. The van der Waals surface area contributed by atoms with Crippen LogP contribution in [0.3, 0.4) is 0 Å². The molecule has 0 aliphatic heterocycles. The number of aromatic nitrogens is 2. The molecule has 3 aromatic rings. The Hall–Kier alpha value is -2.50. The number of nitrogens with zero attached hydrogens (tertiary/aromatic N) is 3. The Morgan fingerprint density at radius 3 is 2.83 bits per heavy atom. The van der Waals surface area contributed by atoms with E-state index in [1.165, 1.54) is 32.1 Å². The summed E-state index contributed by atoms with van der Waals surface area (Å²) >= 11 is 2.99. The lowest BCUT2D eigenvalue weighted by atomic mass is 9.89. The third kappa shape index (κ3) is 3.38. The molecule has 0 fully saturated rings. The maximum Gasteiger partial charge on any atom is 0.263 e. The zero-order chi connectivity index (χ0) is 20.9. The number of fused-ring (bicyclic) bond motifs is 2. The molecule has 1 unspecified atom stereocenters. The van der Waals surface area contributed by atoms with Crippen LogP contribution >= 0.6 is 22.7 Å². The number of hydrogen-bond acceptors (Lipinski definition) is 6. The first-order valence-electron chi connectivity index (χ1n) is 9.61. The van der Waals surface area contributed by atoms with Crippen LogP contribution in [0.1, 0.15) is 45.6 Å². The highest BCUT2D eigenvalue weighted by Crippen LogP contribution is 2.39. The maximum atomic E-state index is 13.0. The SMILES string of the molecule is Cc1sc2nc(C)n(CC(=O)Nc3sc4c(c3C#N)CCC(C)C4)c(=O)c2c1C. The largest absolute Gasteiger partial charge is 0.315 e. The van der Waals surface area contributed by atoms with E-state index in [0.717, 1.165) is 35.3 Å². The fourth-order valence-corrected chi connectivity index (χ4v) is 6.32. The van der Waals surface area contributed by atoms with Crippen LogP contribution in [0.15, 0.2) is 4.79 Å². The molecule has 0 spiro atoms. The topological polar surface area (TPSA) is 87.8 Å². The summed E-state index contributed by atoms with van der Waals surface area (Å²) in [5, 5.41) is 13.7. The highest BCUT2D eigenvalue weighted by atomic mass is 32.1. The van der Waals surface area contributed by atoms with Gasteiger partial charge in [-0.25, -0.2) is 4.98 Å². The number of nitriles is 1. The van der Waals surface area contributed by atoms with Gasteiger partial charge in [0, 0.05) is 9.75 Å². The Bertz CT molecular complexity index is 1240. The van der Waals surface area contributed by atoms with Crippen LogP contribution in [0, 0.1) is 38.0 Å². The van der Waals surface area contributed by atoms with E-state index >= 15 is 0 Å². The van der Waals surface area contributed by atoms with E-state index in [9.17, 15) is 14.9 Å². The number of carbonyl (C=O) groups is 1. The van der Waals surface area contributed by atoms with Crippen molar-refractivity contribution in [2.45, 2.75) is 53.5 Å². The lowest BCUT2D eigenvalue weighted by molar-refractivity contribution is -0.116. The van der Waals surface area contributed by atoms with Gasteiger partial charge in [-0.2, -0.15) is 5.26 Å². The highest BCUT2D eigenvalue weighted by molar-refractivity contribution is 7.18. The van der Waals surface area contributed by atoms with Crippen molar-refractivity contribution in [3.63, 3.8) is 0 Å².